The van der Waals surface area contributed by atoms with E-state index in [9.17, 15) is 23.1 Å². The number of nitrogens with one attached hydrogen (secondary N) is 1. The number of phenols is 1. The summed E-state index contributed by atoms with van der Waals surface area (Å²) in [7, 11) is 0. The SMILES string of the molecule is Cc1cc(C(F)(F)F)cc(O)c1-c1ccc(N2CCO[C@@H](CNC(=O)C(C)C)C2)nn1. The molecule has 0 radical (unpaired) electrons. The molecule has 1 atom stereocenters. The number of alkyl halides is 3. The summed E-state index contributed by atoms with van der Waals surface area (Å²) in [5.41, 5.74) is -0.175. The summed E-state index contributed by atoms with van der Waals surface area (Å²) in [5.74, 6) is -0.0715. The first-order valence-corrected chi connectivity index (χ1v) is 9.95. The Labute approximate surface area is 178 Å². The fourth-order valence-corrected chi connectivity index (χ4v) is 3.36. The first-order chi connectivity index (χ1) is 14.6. The standard InChI is InChI=1S/C21H25F3N4O3/c1-12(2)20(30)25-10-15-11-28(6-7-31-15)18-5-4-16(26-27-18)19-13(3)8-14(9-17(19)29)21(22,23)24/h4-5,8-9,12,15,29H,6-7,10-11H2,1-3H3,(H,25,30)/t15-/m0/s1. The lowest BCUT2D eigenvalue weighted by molar-refractivity contribution is -0.137. The summed E-state index contributed by atoms with van der Waals surface area (Å²) >= 11 is 0. The van der Waals surface area contributed by atoms with Gasteiger partial charge in [0.25, 0.3) is 0 Å². The molecule has 1 aromatic carbocycles. The largest absolute Gasteiger partial charge is 0.507 e. The second kappa shape index (κ2) is 9.09. The number of carbonyl (C=O) groups excluding carboxylic acids is 1. The predicted octanol–water partition coefficient (Wildman–Crippen LogP) is 3.15. The van der Waals surface area contributed by atoms with E-state index >= 15 is 0 Å². The molecule has 0 spiro atoms. The monoisotopic (exact) mass is 438 g/mol. The van der Waals surface area contributed by atoms with E-state index in [-0.39, 0.29) is 34.7 Å². The summed E-state index contributed by atoms with van der Waals surface area (Å²) < 4.78 is 44.5. The maximum atomic E-state index is 12.9. The number of morpholine rings is 1. The van der Waals surface area contributed by atoms with E-state index in [4.69, 9.17) is 4.74 Å². The molecule has 1 fully saturated rings. The minimum atomic E-state index is -4.54. The van der Waals surface area contributed by atoms with Crippen LogP contribution in [0, 0.1) is 12.8 Å². The van der Waals surface area contributed by atoms with Crippen LogP contribution in [0.4, 0.5) is 19.0 Å². The summed E-state index contributed by atoms with van der Waals surface area (Å²) in [4.78, 5) is 13.7. The van der Waals surface area contributed by atoms with Gasteiger partial charge in [0.05, 0.1) is 24.0 Å². The summed E-state index contributed by atoms with van der Waals surface area (Å²) in [6, 6.07) is 4.98. The molecule has 0 aliphatic carbocycles. The van der Waals surface area contributed by atoms with Crippen molar-refractivity contribution in [2.75, 3.05) is 31.1 Å². The van der Waals surface area contributed by atoms with Crippen LogP contribution in [0.25, 0.3) is 11.3 Å². The third kappa shape index (κ3) is 5.43. The molecule has 31 heavy (non-hydrogen) atoms. The number of ether oxygens (including phenoxy) is 1. The highest BCUT2D eigenvalue weighted by Crippen LogP contribution is 2.38. The molecule has 1 amide bonds. The molecular weight excluding hydrogens is 413 g/mol. The van der Waals surface area contributed by atoms with Crippen molar-refractivity contribution in [3.63, 3.8) is 0 Å². The highest BCUT2D eigenvalue weighted by atomic mass is 19.4. The van der Waals surface area contributed by atoms with Gasteiger partial charge in [0.2, 0.25) is 5.91 Å². The van der Waals surface area contributed by atoms with Crippen molar-refractivity contribution in [3.05, 3.63) is 35.4 Å². The summed E-state index contributed by atoms with van der Waals surface area (Å²) in [6.45, 7) is 7.07. The number of anilines is 1. The number of aromatic nitrogens is 2. The van der Waals surface area contributed by atoms with E-state index in [1.165, 1.54) is 6.92 Å². The topological polar surface area (TPSA) is 87.6 Å². The summed E-state index contributed by atoms with van der Waals surface area (Å²) in [5, 5.41) is 21.3. The van der Waals surface area contributed by atoms with Crippen molar-refractivity contribution in [1.29, 1.82) is 0 Å². The first kappa shape index (κ1) is 22.8. The minimum absolute atomic E-state index is 0.0448. The number of aromatic hydroxyl groups is 1. The van der Waals surface area contributed by atoms with Gasteiger partial charge in [-0.1, -0.05) is 13.8 Å². The fraction of sp³-hybridized carbons (Fsp3) is 0.476. The smallest absolute Gasteiger partial charge is 0.416 e. The van der Waals surface area contributed by atoms with Gasteiger partial charge in [-0.3, -0.25) is 4.79 Å². The maximum Gasteiger partial charge on any atom is 0.416 e. The third-order valence-corrected chi connectivity index (χ3v) is 5.04. The molecule has 0 bridgehead atoms. The van der Waals surface area contributed by atoms with Crippen LogP contribution in [0.3, 0.4) is 0 Å². The molecule has 1 aliphatic heterocycles. The van der Waals surface area contributed by atoms with Crippen LogP contribution in [0.15, 0.2) is 24.3 Å². The van der Waals surface area contributed by atoms with Gasteiger partial charge < -0.3 is 20.1 Å². The molecule has 3 rings (SSSR count). The van der Waals surface area contributed by atoms with Gasteiger partial charge in [-0.25, -0.2) is 0 Å². The van der Waals surface area contributed by atoms with E-state index in [1.807, 2.05) is 18.7 Å². The van der Waals surface area contributed by atoms with Crippen LogP contribution >= 0.6 is 0 Å². The number of hydrogen-bond donors (Lipinski definition) is 2. The summed E-state index contributed by atoms with van der Waals surface area (Å²) in [6.07, 6.45) is -4.74. The van der Waals surface area contributed by atoms with Crippen LogP contribution in [-0.2, 0) is 15.7 Å². The Kier molecular flexibility index (Phi) is 6.68. The van der Waals surface area contributed by atoms with Crippen LogP contribution in [0.2, 0.25) is 0 Å². The van der Waals surface area contributed by atoms with Gasteiger partial charge in [0.15, 0.2) is 5.82 Å². The number of hydrogen-bond acceptors (Lipinski definition) is 6. The number of aryl methyl sites for hydroxylation is 1. The third-order valence-electron chi connectivity index (χ3n) is 5.04. The van der Waals surface area contributed by atoms with Gasteiger partial charge in [0, 0.05) is 31.1 Å². The lowest BCUT2D eigenvalue weighted by Gasteiger charge is -2.33. The molecule has 2 heterocycles. The van der Waals surface area contributed by atoms with E-state index in [0.717, 1.165) is 6.07 Å². The Hall–Kier alpha value is -2.88. The van der Waals surface area contributed by atoms with Crippen molar-refractivity contribution >= 4 is 11.7 Å². The lowest BCUT2D eigenvalue weighted by atomic mass is 10.0. The van der Waals surface area contributed by atoms with Crippen molar-refractivity contribution in [3.8, 4) is 17.0 Å². The van der Waals surface area contributed by atoms with Gasteiger partial charge in [-0.15, -0.1) is 10.2 Å². The number of nitrogens with zero attached hydrogens (tertiary/aromatic N) is 3. The van der Waals surface area contributed by atoms with Crippen molar-refractivity contribution in [2.45, 2.75) is 33.1 Å². The number of rotatable bonds is 5. The highest BCUT2D eigenvalue weighted by Gasteiger charge is 2.32. The quantitative estimate of drug-likeness (QED) is 0.746. The molecule has 2 aromatic rings. The van der Waals surface area contributed by atoms with Crippen molar-refractivity contribution < 1.29 is 27.8 Å². The second-order valence-corrected chi connectivity index (χ2v) is 7.80. The fourth-order valence-electron chi connectivity index (χ4n) is 3.36. The highest BCUT2D eigenvalue weighted by molar-refractivity contribution is 5.77. The molecule has 168 valence electrons. The average Bonchev–Trinajstić information content (AvgIpc) is 2.71. The predicted molar refractivity (Wildman–Crippen MR) is 109 cm³/mol. The number of halogens is 3. The Bertz CT molecular complexity index is 909. The molecule has 0 unspecified atom stereocenters. The minimum Gasteiger partial charge on any atom is -0.507 e. The molecule has 7 nitrogen and oxygen atoms in total. The van der Waals surface area contributed by atoms with E-state index in [1.54, 1.807) is 12.1 Å². The van der Waals surface area contributed by atoms with Crippen LogP contribution in [0.1, 0.15) is 25.0 Å². The van der Waals surface area contributed by atoms with Gasteiger partial charge >= 0.3 is 6.18 Å². The van der Waals surface area contributed by atoms with Gasteiger partial charge in [-0.05, 0) is 36.8 Å². The maximum absolute atomic E-state index is 12.9. The normalized spacial score (nSPS) is 17.1. The Morgan fingerprint density at radius 1 is 1.32 bits per heavy atom. The number of phenolic OH excluding ortho intramolecular Hbond substituents is 1. The number of carbonyl (C=O) groups is 1. The zero-order valence-electron chi connectivity index (χ0n) is 17.5. The van der Waals surface area contributed by atoms with E-state index in [0.29, 0.717) is 38.1 Å². The van der Waals surface area contributed by atoms with Crippen LogP contribution in [-0.4, -0.2) is 53.6 Å². The molecule has 1 saturated heterocycles. The lowest BCUT2D eigenvalue weighted by Crippen LogP contribution is -2.48. The molecule has 1 aromatic heterocycles. The Morgan fingerprint density at radius 3 is 2.65 bits per heavy atom. The average molecular weight is 438 g/mol. The van der Waals surface area contributed by atoms with E-state index in [2.05, 4.69) is 15.5 Å². The van der Waals surface area contributed by atoms with Crippen LogP contribution < -0.4 is 10.2 Å². The number of amides is 1. The Balaban J connectivity index is 1.72. The zero-order chi connectivity index (χ0) is 22.8. The molecule has 1 aliphatic rings. The molecular formula is C21H25F3N4O3. The zero-order valence-corrected chi connectivity index (χ0v) is 17.5. The Morgan fingerprint density at radius 2 is 2.06 bits per heavy atom. The van der Waals surface area contributed by atoms with Gasteiger partial charge in [0.1, 0.15) is 5.75 Å². The van der Waals surface area contributed by atoms with Crippen LogP contribution in [0.5, 0.6) is 5.75 Å². The van der Waals surface area contributed by atoms with Crippen molar-refractivity contribution in [1.82, 2.24) is 15.5 Å². The first-order valence-electron chi connectivity index (χ1n) is 9.95. The number of benzene rings is 1. The van der Waals surface area contributed by atoms with E-state index < -0.39 is 17.5 Å². The van der Waals surface area contributed by atoms with Gasteiger partial charge in [-0.2, -0.15) is 13.2 Å². The molecule has 10 heteroatoms. The molecule has 0 saturated carbocycles. The van der Waals surface area contributed by atoms with Crippen molar-refractivity contribution in [2.24, 2.45) is 5.92 Å². The second-order valence-electron chi connectivity index (χ2n) is 7.80. The molecule has 2 N–H and O–H groups in total.